The zero-order valence-corrected chi connectivity index (χ0v) is 18.2. The number of nitriles is 1. The molecule has 1 aliphatic carbocycles. The van der Waals surface area contributed by atoms with E-state index < -0.39 is 10.0 Å². The van der Waals surface area contributed by atoms with Crippen LogP contribution in [0.5, 0.6) is 0 Å². The van der Waals surface area contributed by atoms with Gasteiger partial charge in [-0.15, -0.1) is 0 Å². The maximum atomic E-state index is 12.5. The number of pyridine rings is 1. The van der Waals surface area contributed by atoms with Crippen LogP contribution in [0.3, 0.4) is 0 Å². The summed E-state index contributed by atoms with van der Waals surface area (Å²) in [6.45, 7) is 0.419. The summed E-state index contributed by atoms with van der Waals surface area (Å²) in [5.41, 5.74) is 0.969. The van der Waals surface area contributed by atoms with Gasteiger partial charge in [-0.2, -0.15) is 10.4 Å². The van der Waals surface area contributed by atoms with Crippen molar-refractivity contribution >= 4 is 32.4 Å². The van der Waals surface area contributed by atoms with Crippen LogP contribution in [0.4, 0.5) is 11.5 Å². The third kappa shape index (κ3) is 3.94. The number of aromatic nitrogens is 3. The molecule has 1 atom stereocenters. The lowest BCUT2D eigenvalue weighted by molar-refractivity contribution is 0.225. The molecule has 0 aliphatic heterocycles. The fraction of sp³-hybridized carbons (Fsp3) is 0.381. The van der Waals surface area contributed by atoms with Crippen LogP contribution < -0.4 is 10.9 Å². The molecule has 3 aromatic rings. The van der Waals surface area contributed by atoms with Gasteiger partial charge in [-0.25, -0.2) is 12.7 Å². The summed E-state index contributed by atoms with van der Waals surface area (Å²) in [6.07, 6.45) is 4.81. The zero-order valence-electron chi connectivity index (χ0n) is 17.4. The van der Waals surface area contributed by atoms with Gasteiger partial charge in [-0.1, -0.05) is 6.42 Å². The number of rotatable bonds is 7. The van der Waals surface area contributed by atoms with E-state index in [0.29, 0.717) is 34.9 Å². The number of benzene rings is 1. The molecule has 1 fully saturated rings. The van der Waals surface area contributed by atoms with Crippen molar-refractivity contribution in [1.29, 1.82) is 5.26 Å². The van der Waals surface area contributed by atoms with Crippen molar-refractivity contribution in [3.63, 3.8) is 0 Å². The van der Waals surface area contributed by atoms with Crippen molar-refractivity contribution in [3.8, 4) is 6.07 Å². The Morgan fingerprint density at radius 1 is 1.29 bits per heavy atom. The molecule has 1 aliphatic rings. The van der Waals surface area contributed by atoms with Gasteiger partial charge in [0.05, 0.1) is 28.9 Å². The van der Waals surface area contributed by atoms with Crippen LogP contribution in [-0.2, 0) is 16.6 Å². The van der Waals surface area contributed by atoms with Crippen LogP contribution in [0.2, 0.25) is 0 Å². The van der Waals surface area contributed by atoms with Crippen molar-refractivity contribution in [1.82, 2.24) is 19.1 Å². The summed E-state index contributed by atoms with van der Waals surface area (Å²) in [6, 6.07) is 10.4. The molecule has 0 saturated heterocycles. The third-order valence-corrected chi connectivity index (χ3v) is 7.65. The molecule has 162 valence electrons. The van der Waals surface area contributed by atoms with Crippen molar-refractivity contribution in [2.45, 2.75) is 30.7 Å². The van der Waals surface area contributed by atoms with Gasteiger partial charge in [0, 0.05) is 26.0 Å². The van der Waals surface area contributed by atoms with Crippen LogP contribution in [0.1, 0.15) is 19.3 Å². The topological polar surface area (TPSA) is 124 Å². The predicted octanol–water partition coefficient (Wildman–Crippen LogP) is 2.66. The number of hydrogen-bond donors (Lipinski definition) is 2. The van der Waals surface area contributed by atoms with Gasteiger partial charge in [-0.3, -0.25) is 9.48 Å². The molecule has 4 rings (SSSR count). The Morgan fingerprint density at radius 2 is 2.00 bits per heavy atom. The van der Waals surface area contributed by atoms with Crippen LogP contribution in [0.25, 0.3) is 10.9 Å². The van der Waals surface area contributed by atoms with E-state index in [-0.39, 0.29) is 16.4 Å². The lowest BCUT2D eigenvalue weighted by Gasteiger charge is -2.29. The summed E-state index contributed by atoms with van der Waals surface area (Å²) in [5, 5.41) is 17.7. The Bertz CT molecular complexity index is 1300. The first-order valence-corrected chi connectivity index (χ1v) is 11.5. The molecular weight excluding hydrogens is 416 g/mol. The second kappa shape index (κ2) is 8.17. The maximum absolute atomic E-state index is 12.5. The number of nitrogens with zero attached hydrogens (tertiary/aromatic N) is 4. The Balaban J connectivity index is 1.67. The first-order valence-electron chi connectivity index (χ1n) is 10.1. The first kappa shape index (κ1) is 21.1. The monoisotopic (exact) mass is 440 g/mol. The molecule has 0 bridgehead atoms. The minimum atomic E-state index is -3.53. The van der Waals surface area contributed by atoms with Gasteiger partial charge in [-0.05, 0) is 49.1 Å². The molecule has 2 aromatic heterocycles. The smallest absolute Gasteiger partial charge is 0.261 e. The molecule has 0 amide bonds. The average Bonchev–Trinajstić information content (AvgIpc) is 3.04. The summed E-state index contributed by atoms with van der Waals surface area (Å²) < 4.78 is 27.4. The molecule has 0 spiro atoms. The van der Waals surface area contributed by atoms with Gasteiger partial charge in [0.15, 0.2) is 5.82 Å². The Morgan fingerprint density at radius 3 is 2.58 bits per heavy atom. The molecular formula is C21H24N6O3S. The fourth-order valence-corrected chi connectivity index (χ4v) is 4.65. The summed E-state index contributed by atoms with van der Waals surface area (Å²) >= 11 is 0. The average molecular weight is 441 g/mol. The second-order valence-electron chi connectivity index (χ2n) is 7.96. The van der Waals surface area contributed by atoms with Crippen molar-refractivity contribution in [2.24, 2.45) is 11.8 Å². The van der Waals surface area contributed by atoms with E-state index >= 15 is 0 Å². The van der Waals surface area contributed by atoms with Gasteiger partial charge in [0.2, 0.25) is 10.0 Å². The molecule has 0 radical (unpaired) electrons. The maximum Gasteiger partial charge on any atom is 0.261 e. The highest BCUT2D eigenvalue weighted by Crippen LogP contribution is 2.35. The molecule has 10 heteroatoms. The number of aromatic amines is 1. The van der Waals surface area contributed by atoms with E-state index in [0.717, 1.165) is 23.6 Å². The molecule has 1 aromatic carbocycles. The molecule has 1 saturated carbocycles. The van der Waals surface area contributed by atoms with Crippen LogP contribution in [0.15, 0.2) is 46.2 Å². The largest absolute Gasteiger partial charge is 0.338 e. The standard InChI is InChI=1S/C21H24N6O3S/c1-26(2)31(29,30)17-8-6-16(7-9-17)24-20-19-18(10-11-23-21(19)28)27(25-20)13-15(12-22)14-4-3-5-14/h6-11,14-15H,3-5,13H2,1-2H3,(H,23,28)(H,24,25)/t15-/m0/s1. The minimum absolute atomic E-state index is 0.153. The molecule has 2 N–H and O–H groups in total. The van der Waals surface area contributed by atoms with Crippen LogP contribution in [0, 0.1) is 23.2 Å². The number of anilines is 2. The molecule has 0 unspecified atom stereocenters. The highest BCUT2D eigenvalue weighted by atomic mass is 32.2. The van der Waals surface area contributed by atoms with Crippen molar-refractivity contribution in [2.75, 3.05) is 19.4 Å². The Labute approximate surface area is 180 Å². The van der Waals surface area contributed by atoms with E-state index in [9.17, 15) is 18.5 Å². The van der Waals surface area contributed by atoms with E-state index in [2.05, 4.69) is 21.5 Å². The predicted molar refractivity (Wildman–Crippen MR) is 117 cm³/mol. The van der Waals surface area contributed by atoms with Crippen molar-refractivity contribution < 1.29 is 8.42 Å². The highest BCUT2D eigenvalue weighted by molar-refractivity contribution is 7.89. The fourth-order valence-electron chi connectivity index (χ4n) is 3.74. The zero-order chi connectivity index (χ0) is 22.2. The number of hydrogen-bond acceptors (Lipinski definition) is 6. The lowest BCUT2D eigenvalue weighted by Crippen LogP contribution is -2.25. The highest BCUT2D eigenvalue weighted by Gasteiger charge is 2.28. The molecule has 2 heterocycles. The SMILES string of the molecule is CN(C)S(=O)(=O)c1ccc(Nc2nn(C[C@H](C#N)C3CCC3)c3cc[nH]c(=O)c23)cc1. The van der Waals surface area contributed by atoms with Crippen molar-refractivity contribution in [3.05, 3.63) is 46.9 Å². The Hall–Kier alpha value is -3.16. The quantitative estimate of drug-likeness (QED) is 0.582. The van der Waals surface area contributed by atoms with Gasteiger partial charge in [0.25, 0.3) is 5.56 Å². The second-order valence-corrected chi connectivity index (χ2v) is 10.1. The summed E-state index contributed by atoms with van der Waals surface area (Å²) in [7, 11) is -0.572. The van der Waals surface area contributed by atoms with E-state index in [1.54, 1.807) is 29.1 Å². The lowest BCUT2D eigenvalue weighted by atomic mass is 9.76. The number of sulfonamides is 1. The van der Waals surface area contributed by atoms with Gasteiger partial charge in [0.1, 0.15) is 5.39 Å². The van der Waals surface area contributed by atoms with Gasteiger partial charge >= 0.3 is 0 Å². The van der Waals surface area contributed by atoms with E-state index in [1.807, 2.05) is 0 Å². The number of nitrogens with one attached hydrogen (secondary N) is 2. The minimum Gasteiger partial charge on any atom is -0.338 e. The van der Waals surface area contributed by atoms with E-state index in [4.69, 9.17) is 0 Å². The van der Waals surface area contributed by atoms with Crippen LogP contribution >= 0.6 is 0 Å². The number of H-pyrrole nitrogens is 1. The molecule has 31 heavy (non-hydrogen) atoms. The summed E-state index contributed by atoms with van der Waals surface area (Å²) in [5.74, 6) is 0.582. The normalized spacial score (nSPS) is 15.5. The van der Waals surface area contributed by atoms with Crippen LogP contribution in [-0.4, -0.2) is 41.6 Å². The molecule has 9 nitrogen and oxygen atoms in total. The van der Waals surface area contributed by atoms with Gasteiger partial charge < -0.3 is 10.3 Å². The first-order chi connectivity index (χ1) is 14.8. The summed E-state index contributed by atoms with van der Waals surface area (Å²) in [4.78, 5) is 15.4. The van der Waals surface area contributed by atoms with E-state index in [1.165, 1.54) is 26.2 Å². The third-order valence-electron chi connectivity index (χ3n) is 5.82. The Kier molecular flexibility index (Phi) is 5.56. The number of fused-ring (bicyclic) bond motifs is 1.